The number of phenols is 1. The Morgan fingerprint density at radius 1 is 1.39 bits per heavy atom. The number of alkyl halides is 1. The highest BCUT2D eigenvalue weighted by Crippen LogP contribution is 2.21. The molecule has 1 aromatic carbocycles. The first kappa shape index (κ1) is 13.8. The van der Waals surface area contributed by atoms with Gasteiger partial charge in [-0.3, -0.25) is 4.99 Å². The molecule has 1 unspecified atom stereocenters. The van der Waals surface area contributed by atoms with Crippen LogP contribution in [0.1, 0.15) is 13.3 Å². The van der Waals surface area contributed by atoms with E-state index in [1.54, 1.807) is 0 Å². The number of aromatic hydroxyl groups is 1. The van der Waals surface area contributed by atoms with Crippen LogP contribution in [0.3, 0.4) is 0 Å². The fourth-order valence-electron chi connectivity index (χ4n) is 1.93. The van der Waals surface area contributed by atoms with Crippen LogP contribution in [-0.2, 0) is 0 Å². The second-order valence-corrected chi connectivity index (χ2v) is 5.21. The van der Waals surface area contributed by atoms with E-state index >= 15 is 0 Å². The lowest BCUT2D eigenvalue weighted by Crippen LogP contribution is -2.43. The van der Waals surface area contributed by atoms with Gasteiger partial charge in [-0.15, -0.1) is 11.6 Å². The van der Waals surface area contributed by atoms with Crippen molar-refractivity contribution in [2.24, 2.45) is 4.99 Å². The van der Waals surface area contributed by atoms with Gasteiger partial charge < -0.3 is 10.0 Å². The molecule has 2 rings (SSSR count). The van der Waals surface area contributed by atoms with Crippen molar-refractivity contribution in [1.29, 1.82) is 0 Å². The molecule has 1 aliphatic heterocycles. The lowest BCUT2D eigenvalue weighted by Gasteiger charge is -2.28. The van der Waals surface area contributed by atoms with Gasteiger partial charge in [-0.1, -0.05) is 30.1 Å². The molecule has 1 aliphatic rings. The van der Waals surface area contributed by atoms with Gasteiger partial charge in [0, 0.05) is 18.0 Å². The first-order valence-electron chi connectivity index (χ1n) is 5.66. The molecule has 1 heterocycles. The Morgan fingerprint density at radius 3 is 2.72 bits per heavy atom. The zero-order valence-electron chi connectivity index (χ0n) is 9.83. The minimum absolute atomic E-state index is 0.0430. The molecule has 0 radical (unpaired) electrons. The zero-order chi connectivity index (χ0) is 13.3. The number of benzene rings is 1. The van der Waals surface area contributed by atoms with E-state index in [4.69, 9.17) is 34.8 Å². The van der Waals surface area contributed by atoms with Gasteiger partial charge in [0.2, 0.25) is 0 Å². The Morgan fingerprint density at radius 2 is 2.11 bits per heavy atom. The molecule has 3 nitrogen and oxygen atoms in total. The standard InChI is InChI=1S/C12H13Cl3N2O/c1-2-3-17-6-7-8(14)4-9(15)12(18)11(7)16-10(17)5-13/h4,6,10,18H,2-3,5H2,1H3. The summed E-state index contributed by atoms with van der Waals surface area (Å²) in [5.74, 6) is 0.304. The number of phenolic OH excluding ortho intramolecular Hbond substituents is 1. The Hall–Kier alpha value is -0.640. The smallest absolute Gasteiger partial charge is 0.160 e. The normalized spacial score (nSPS) is 18.0. The highest BCUT2D eigenvalue weighted by molar-refractivity contribution is 6.35. The Labute approximate surface area is 120 Å². The van der Waals surface area contributed by atoms with Gasteiger partial charge in [0.25, 0.3) is 0 Å². The zero-order valence-corrected chi connectivity index (χ0v) is 12.1. The molecule has 0 saturated heterocycles. The molecule has 1 atom stereocenters. The highest BCUT2D eigenvalue weighted by Gasteiger charge is 2.19. The predicted molar refractivity (Wildman–Crippen MR) is 74.9 cm³/mol. The third-order valence-corrected chi connectivity index (χ3v) is 3.67. The summed E-state index contributed by atoms with van der Waals surface area (Å²) in [4.78, 5) is 6.45. The second-order valence-electron chi connectivity index (χ2n) is 4.08. The number of fused-ring (bicyclic) bond motifs is 1. The number of rotatable bonds is 3. The first-order valence-corrected chi connectivity index (χ1v) is 6.96. The molecule has 1 aromatic rings. The fraction of sp³-hybridized carbons (Fsp3) is 0.417. The quantitative estimate of drug-likeness (QED) is 0.870. The molecule has 0 aliphatic carbocycles. The molecule has 0 fully saturated rings. The van der Waals surface area contributed by atoms with Gasteiger partial charge in [0.1, 0.15) is 11.5 Å². The van der Waals surface area contributed by atoms with Crippen LogP contribution in [0.25, 0.3) is 6.20 Å². The molecule has 0 aromatic heterocycles. The van der Waals surface area contributed by atoms with Gasteiger partial charge in [-0.05, 0) is 12.5 Å². The van der Waals surface area contributed by atoms with E-state index in [0.29, 0.717) is 21.5 Å². The number of nitrogens with zero attached hydrogens (tertiary/aromatic N) is 2. The van der Waals surface area contributed by atoms with Crippen LogP contribution in [0.5, 0.6) is 5.75 Å². The van der Waals surface area contributed by atoms with Crippen LogP contribution in [0, 0.1) is 0 Å². The summed E-state index contributed by atoms with van der Waals surface area (Å²) in [6.07, 6.45) is 2.67. The predicted octanol–water partition coefficient (Wildman–Crippen LogP) is 2.35. The van der Waals surface area contributed by atoms with Crippen LogP contribution in [0.4, 0.5) is 0 Å². The molecule has 6 heteroatoms. The van der Waals surface area contributed by atoms with E-state index < -0.39 is 0 Å². The Kier molecular flexibility index (Phi) is 4.25. The molecule has 0 spiro atoms. The lowest BCUT2D eigenvalue weighted by atomic mass is 10.2. The Bertz CT molecular complexity index is 574. The molecule has 1 N–H and O–H groups in total. The maximum Gasteiger partial charge on any atom is 0.160 e. The van der Waals surface area contributed by atoms with Crippen molar-refractivity contribution in [3.63, 3.8) is 0 Å². The SMILES string of the molecule is CCCN1C=c2c(Cl)cc(Cl)c(O)c2=NC1CCl. The van der Waals surface area contributed by atoms with Gasteiger partial charge in [-0.2, -0.15) is 0 Å². The minimum Gasteiger partial charge on any atom is -0.504 e. The molecule has 0 amide bonds. The fourth-order valence-corrected chi connectivity index (χ4v) is 2.68. The van der Waals surface area contributed by atoms with E-state index in [9.17, 15) is 5.11 Å². The molecular formula is C12H13Cl3N2O. The third-order valence-electron chi connectivity index (χ3n) is 2.79. The summed E-state index contributed by atoms with van der Waals surface area (Å²) in [7, 11) is 0. The molecule has 0 bridgehead atoms. The lowest BCUT2D eigenvalue weighted by molar-refractivity contribution is 0.320. The van der Waals surface area contributed by atoms with Crippen molar-refractivity contribution in [2.45, 2.75) is 19.5 Å². The van der Waals surface area contributed by atoms with Crippen LogP contribution >= 0.6 is 34.8 Å². The van der Waals surface area contributed by atoms with Crippen LogP contribution in [0.15, 0.2) is 11.1 Å². The van der Waals surface area contributed by atoms with Crippen molar-refractivity contribution in [3.05, 3.63) is 26.7 Å². The van der Waals surface area contributed by atoms with Crippen molar-refractivity contribution < 1.29 is 5.11 Å². The van der Waals surface area contributed by atoms with Gasteiger partial charge >= 0.3 is 0 Å². The summed E-state index contributed by atoms with van der Waals surface area (Å²) in [5.41, 5.74) is 0. The van der Waals surface area contributed by atoms with Gasteiger partial charge in [0.05, 0.1) is 15.9 Å². The van der Waals surface area contributed by atoms with E-state index in [0.717, 1.165) is 13.0 Å². The summed E-state index contributed by atoms with van der Waals surface area (Å²) in [6, 6.07) is 1.52. The average molecular weight is 308 g/mol. The largest absolute Gasteiger partial charge is 0.504 e. The third kappa shape index (κ3) is 2.40. The molecule has 98 valence electrons. The van der Waals surface area contributed by atoms with E-state index in [1.165, 1.54) is 6.07 Å². The number of hydrogen-bond donors (Lipinski definition) is 1. The summed E-state index contributed by atoms with van der Waals surface area (Å²) in [5, 5.41) is 11.7. The van der Waals surface area contributed by atoms with Crippen LogP contribution < -0.4 is 10.6 Å². The molecule has 0 saturated carbocycles. The maximum atomic E-state index is 9.93. The second kappa shape index (κ2) is 5.55. The van der Waals surface area contributed by atoms with Crippen molar-refractivity contribution in [2.75, 3.05) is 12.4 Å². The van der Waals surface area contributed by atoms with Crippen molar-refractivity contribution in [1.82, 2.24) is 4.90 Å². The van der Waals surface area contributed by atoms with Crippen LogP contribution in [-0.4, -0.2) is 28.6 Å². The molecular weight excluding hydrogens is 295 g/mol. The summed E-state index contributed by atoms with van der Waals surface area (Å²) in [6.45, 7) is 2.91. The van der Waals surface area contributed by atoms with Crippen molar-refractivity contribution >= 4 is 41.0 Å². The minimum atomic E-state index is -0.195. The van der Waals surface area contributed by atoms with E-state index in [-0.39, 0.29) is 16.9 Å². The highest BCUT2D eigenvalue weighted by atomic mass is 35.5. The summed E-state index contributed by atoms with van der Waals surface area (Å²) < 4.78 is 0. The van der Waals surface area contributed by atoms with Crippen molar-refractivity contribution in [3.8, 4) is 5.75 Å². The average Bonchev–Trinajstić information content (AvgIpc) is 2.36. The van der Waals surface area contributed by atoms with E-state index in [1.807, 2.05) is 11.1 Å². The topological polar surface area (TPSA) is 35.8 Å². The van der Waals surface area contributed by atoms with Gasteiger partial charge in [0.15, 0.2) is 5.75 Å². The monoisotopic (exact) mass is 306 g/mol. The van der Waals surface area contributed by atoms with Crippen LogP contribution in [0.2, 0.25) is 10.0 Å². The number of halogens is 3. The van der Waals surface area contributed by atoms with E-state index in [2.05, 4.69) is 11.9 Å². The number of hydrogen-bond acceptors (Lipinski definition) is 3. The Balaban J connectivity index is 2.67. The molecule has 18 heavy (non-hydrogen) atoms. The maximum absolute atomic E-state index is 9.93. The summed E-state index contributed by atoms with van der Waals surface area (Å²) >= 11 is 17.9. The first-order chi connectivity index (χ1) is 8.58. The van der Waals surface area contributed by atoms with Gasteiger partial charge in [-0.25, -0.2) is 0 Å².